The second-order valence-electron chi connectivity index (χ2n) is 5.02. The molecular weight excluding hydrogens is 349 g/mol. The zero-order valence-corrected chi connectivity index (χ0v) is 13.9. The molecule has 1 aliphatic rings. The van der Waals surface area contributed by atoms with E-state index >= 15 is 0 Å². The highest BCUT2D eigenvalue weighted by Gasteiger charge is 2.29. The Kier molecular flexibility index (Phi) is 5.50. The van der Waals surface area contributed by atoms with Crippen molar-refractivity contribution in [3.05, 3.63) is 39.9 Å². The van der Waals surface area contributed by atoms with Crippen molar-refractivity contribution in [2.75, 3.05) is 13.1 Å². The largest absolute Gasteiger partial charge is 0.339 e. The zero-order chi connectivity index (χ0) is 16.3. The average Bonchev–Trinajstić information content (AvgIpc) is 2.48. The topological polar surface area (TPSA) is 74.7 Å². The van der Waals surface area contributed by atoms with Gasteiger partial charge in [-0.05, 0) is 30.5 Å². The summed E-state index contributed by atoms with van der Waals surface area (Å²) in [4.78, 5) is 13.6. The van der Waals surface area contributed by atoms with Crippen LogP contribution in [0.2, 0.25) is 10.0 Å². The highest BCUT2D eigenvalue weighted by Crippen LogP contribution is 2.26. The van der Waals surface area contributed by atoms with E-state index in [0.29, 0.717) is 15.6 Å². The van der Waals surface area contributed by atoms with Crippen LogP contribution in [0.4, 0.5) is 0 Å². The summed E-state index contributed by atoms with van der Waals surface area (Å²) in [6, 6.07) is 5.13. The molecule has 1 aliphatic heterocycles. The molecule has 5 nitrogen and oxygen atoms in total. The number of carbonyl (C=O) groups is 1. The van der Waals surface area contributed by atoms with Crippen LogP contribution in [-0.4, -0.2) is 42.1 Å². The molecule has 1 aromatic carbocycles. The van der Waals surface area contributed by atoms with E-state index in [-0.39, 0.29) is 31.8 Å². The third-order valence-electron chi connectivity index (χ3n) is 3.56. The monoisotopic (exact) mass is 363 g/mol. The number of likely N-dealkylation sites (tertiary alicyclic amines) is 1. The standard InChI is InChI=1S/C14H15Cl2NO4S/c15-12-3-1-2-10(14(12)16)4-5-13(18)17-8-6-11(7-9-17)22(19,20)21/h1-5,11H,6-9H2,(H,19,20,21)/b5-4+. The second kappa shape index (κ2) is 7.00. The summed E-state index contributed by atoms with van der Waals surface area (Å²) in [5.74, 6) is -0.232. The molecule has 1 fully saturated rings. The van der Waals surface area contributed by atoms with Crippen molar-refractivity contribution in [2.45, 2.75) is 18.1 Å². The minimum atomic E-state index is -4.03. The van der Waals surface area contributed by atoms with Crippen molar-refractivity contribution in [2.24, 2.45) is 0 Å². The molecule has 0 aromatic heterocycles. The number of carbonyl (C=O) groups excluding carboxylic acids is 1. The van der Waals surface area contributed by atoms with Gasteiger partial charge in [0.2, 0.25) is 5.91 Å². The lowest BCUT2D eigenvalue weighted by molar-refractivity contribution is -0.126. The van der Waals surface area contributed by atoms with Gasteiger partial charge >= 0.3 is 0 Å². The lowest BCUT2D eigenvalue weighted by Crippen LogP contribution is -2.41. The maximum absolute atomic E-state index is 12.1. The highest BCUT2D eigenvalue weighted by molar-refractivity contribution is 7.86. The molecule has 0 bridgehead atoms. The van der Waals surface area contributed by atoms with Gasteiger partial charge in [0.25, 0.3) is 10.1 Å². The van der Waals surface area contributed by atoms with E-state index in [2.05, 4.69) is 0 Å². The summed E-state index contributed by atoms with van der Waals surface area (Å²) in [5.41, 5.74) is 0.635. The number of hydrogen-bond acceptors (Lipinski definition) is 3. The first-order valence-corrected chi connectivity index (χ1v) is 8.92. The van der Waals surface area contributed by atoms with Gasteiger partial charge < -0.3 is 4.90 Å². The van der Waals surface area contributed by atoms with Crippen LogP contribution in [0.25, 0.3) is 6.08 Å². The van der Waals surface area contributed by atoms with Crippen molar-refractivity contribution in [1.29, 1.82) is 0 Å². The van der Waals surface area contributed by atoms with E-state index in [9.17, 15) is 13.2 Å². The van der Waals surface area contributed by atoms with E-state index < -0.39 is 15.4 Å². The highest BCUT2D eigenvalue weighted by atomic mass is 35.5. The lowest BCUT2D eigenvalue weighted by Gasteiger charge is -2.29. The number of halogens is 2. The first-order valence-electron chi connectivity index (χ1n) is 6.66. The van der Waals surface area contributed by atoms with E-state index in [0.717, 1.165) is 0 Å². The molecule has 0 radical (unpaired) electrons. The molecule has 1 amide bonds. The van der Waals surface area contributed by atoms with Gasteiger partial charge in [-0.25, -0.2) is 0 Å². The summed E-state index contributed by atoms with van der Waals surface area (Å²) in [7, 11) is -4.03. The number of hydrogen-bond donors (Lipinski definition) is 1. The van der Waals surface area contributed by atoms with Crippen LogP contribution in [0.5, 0.6) is 0 Å². The molecule has 0 unspecified atom stereocenters. The number of piperidine rings is 1. The predicted molar refractivity (Wildman–Crippen MR) is 86.6 cm³/mol. The number of rotatable bonds is 3. The van der Waals surface area contributed by atoms with Gasteiger partial charge in [0.15, 0.2) is 0 Å². The molecule has 22 heavy (non-hydrogen) atoms. The molecule has 1 aromatic rings. The normalized spacial score (nSPS) is 17.1. The molecule has 2 rings (SSSR count). The van der Waals surface area contributed by atoms with Gasteiger partial charge in [-0.3, -0.25) is 9.35 Å². The van der Waals surface area contributed by atoms with E-state index in [1.165, 1.54) is 11.0 Å². The van der Waals surface area contributed by atoms with Crippen molar-refractivity contribution >= 4 is 45.3 Å². The van der Waals surface area contributed by atoms with Crippen molar-refractivity contribution < 1.29 is 17.8 Å². The Morgan fingerprint density at radius 3 is 2.50 bits per heavy atom. The first kappa shape index (κ1) is 17.3. The Balaban J connectivity index is 1.99. The van der Waals surface area contributed by atoms with Gasteiger partial charge in [0, 0.05) is 19.2 Å². The van der Waals surface area contributed by atoms with Crippen molar-refractivity contribution in [3.8, 4) is 0 Å². The van der Waals surface area contributed by atoms with Crippen LogP contribution in [0.1, 0.15) is 18.4 Å². The molecule has 8 heteroatoms. The van der Waals surface area contributed by atoms with Crippen LogP contribution in [0, 0.1) is 0 Å². The molecule has 0 spiro atoms. The Hall–Kier alpha value is -1.08. The molecule has 1 N–H and O–H groups in total. The van der Waals surface area contributed by atoms with E-state index in [4.69, 9.17) is 27.8 Å². The number of nitrogens with zero attached hydrogens (tertiary/aromatic N) is 1. The van der Waals surface area contributed by atoms with Crippen LogP contribution in [-0.2, 0) is 14.9 Å². The SMILES string of the molecule is O=C(/C=C/c1cccc(Cl)c1Cl)N1CCC(S(=O)(=O)O)CC1. The molecule has 1 saturated heterocycles. The predicted octanol–water partition coefficient (Wildman–Crippen LogP) is 2.89. The summed E-state index contributed by atoms with van der Waals surface area (Å²) in [6.45, 7) is 0.577. The van der Waals surface area contributed by atoms with Crippen LogP contribution in [0.15, 0.2) is 24.3 Å². The second-order valence-corrected chi connectivity index (χ2v) is 7.50. The minimum absolute atomic E-state index is 0.232. The van der Waals surface area contributed by atoms with Gasteiger partial charge in [0.1, 0.15) is 0 Å². The van der Waals surface area contributed by atoms with E-state index in [1.54, 1.807) is 24.3 Å². The van der Waals surface area contributed by atoms with Crippen molar-refractivity contribution in [3.63, 3.8) is 0 Å². The third-order valence-corrected chi connectivity index (χ3v) is 5.71. The van der Waals surface area contributed by atoms with Gasteiger partial charge in [0.05, 0.1) is 15.3 Å². The fourth-order valence-corrected chi connectivity index (χ4v) is 3.47. The Morgan fingerprint density at radius 1 is 1.27 bits per heavy atom. The van der Waals surface area contributed by atoms with Crippen LogP contribution < -0.4 is 0 Å². The Morgan fingerprint density at radius 2 is 1.91 bits per heavy atom. The summed E-state index contributed by atoms with van der Waals surface area (Å²) in [5, 5.41) is -0.00793. The summed E-state index contributed by atoms with van der Waals surface area (Å²) in [6.07, 6.45) is 3.42. The smallest absolute Gasteiger partial charge is 0.267 e. The molecule has 1 heterocycles. The maximum Gasteiger partial charge on any atom is 0.267 e. The molecule has 0 saturated carbocycles. The average molecular weight is 364 g/mol. The molecule has 0 atom stereocenters. The van der Waals surface area contributed by atoms with Crippen molar-refractivity contribution in [1.82, 2.24) is 4.90 Å². The first-order chi connectivity index (χ1) is 10.3. The van der Waals surface area contributed by atoms with Gasteiger partial charge in [-0.15, -0.1) is 0 Å². The third kappa shape index (κ3) is 4.23. The molecule has 0 aliphatic carbocycles. The molecular formula is C14H15Cl2NO4S. The summed E-state index contributed by atoms with van der Waals surface area (Å²) < 4.78 is 31.1. The van der Waals surface area contributed by atoms with Gasteiger partial charge in [-0.2, -0.15) is 8.42 Å². The summed E-state index contributed by atoms with van der Waals surface area (Å²) >= 11 is 11.9. The molecule has 120 valence electrons. The van der Waals surface area contributed by atoms with Crippen LogP contribution >= 0.6 is 23.2 Å². The fraction of sp³-hybridized carbons (Fsp3) is 0.357. The fourth-order valence-electron chi connectivity index (χ4n) is 2.29. The number of amides is 1. The minimum Gasteiger partial charge on any atom is -0.339 e. The number of benzene rings is 1. The van der Waals surface area contributed by atoms with Crippen LogP contribution in [0.3, 0.4) is 0 Å². The Bertz CT molecular complexity index is 695. The lowest BCUT2D eigenvalue weighted by atomic mass is 10.1. The Labute approximate surface area is 139 Å². The quantitative estimate of drug-likeness (QED) is 0.661. The van der Waals surface area contributed by atoms with E-state index in [1.807, 2.05) is 0 Å². The maximum atomic E-state index is 12.1. The zero-order valence-electron chi connectivity index (χ0n) is 11.6. The van der Waals surface area contributed by atoms with Gasteiger partial charge in [-0.1, -0.05) is 35.3 Å².